The van der Waals surface area contributed by atoms with Crippen LogP contribution in [0.2, 0.25) is 0 Å². The Labute approximate surface area is 112 Å². The van der Waals surface area contributed by atoms with Gasteiger partial charge in [0, 0.05) is 11.3 Å². The Morgan fingerprint density at radius 3 is 2.53 bits per heavy atom. The molecule has 0 radical (unpaired) electrons. The van der Waals surface area contributed by atoms with Crippen LogP contribution < -0.4 is 10.6 Å². The third-order valence-corrected chi connectivity index (χ3v) is 3.56. The third kappa shape index (κ3) is 2.02. The van der Waals surface area contributed by atoms with Crippen molar-refractivity contribution in [1.29, 1.82) is 0 Å². The van der Waals surface area contributed by atoms with Gasteiger partial charge in [0.05, 0.1) is 6.54 Å². The van der Waals surface area contributed by atoms with Crippen molar-refractivity contribution in [2.45, 2.75) is 19.5 Å². The number of carbonyl (C=O) groups excluding carboxylic acids is 1. The van der Waals surface area contributed by atoms with Crippen molar-refractivity contribution in [3.63, 3.8) is 0 Å². The van der Waals surface area contributed by atoms with Gasteiger partial charge in [-0.15, -0.1) is 0 Å². The summed E-state index contributed by atoms with van der Waals surface area (Å²) in [5.41, 5.74) is 10.1. The number of carbonyl (C=O) groups is 1. The summed E-state index contributed by atoms with van der Waals surface area (Å²) < 4.78 is 0. The van der Waals surface area contributed by atoms with Crippen LogP contribution >= 0.6 is 0 Å². The van der Waals surface area contributed by atoms with Gasteiger partial charge in [-0.25, -0.2) is 0 Å². The fourth-order valence-electron chi connectivity index (χ4n) is 2.46. The van der Waals surface area contributed by atoms with Gasteiger partial charge in [-0.2, -0.15) is 0 Å². The number of hydrogen-bond acceptors (Lipinski definition) is 2. The summed E-state index contributed by atoms with van der Waals surface area (Å²) in [5, 5.41) is 0. The standard InChI is InChI=1S/C16H16N2O/c1-11-6-8-12(9-7-11)10-18-14-5-3-2-4-13(14)15(17)16(18)19/h2-9,15H,10,17H2,1H3. The van der Waals surface area contributed by atoms with Crippen LogP contribution in [0, 0.1) is 6.92 Å². The van der Waals surface area contributed by atoms with Gasteiger partial charge in [-0.1, -0.05) is 48.0 Å². The molecule has 1 atom stereocenters. The lowest BCUT2D eigenvalue weighted by Crippen LogP contribution is -2.31. The third-order valence-electron chi connectivity index (χ3n) is 3.56. The molecule has 0 aliphatic carbocycles. The molecular formula is C16H16N2O. The molecule has 3 nitrogen and oxygen atoms in total. The average molecular weight is 252 g/mol. The fraction of sp³-hybridized carbons (Fsp3) is 0.188. The first-order chi connectivity index (χ1) is 9.16. The first-order valence-corrected chi connectivity index (χ1v) is 6.38. The number of nitrogens with two attached hydrogens (primary N) is 1. The quantitative estimate of drug-likeness (QED) is 0.892. The molecule has 1 amide bonds. The minimum atomic E-state index is -0.526. The second-order valence-corrected chi connectivity index (χ2v) is 4.95. The van der Waals surface area contributed by atoms with Crippen LogP contribution in [-0.4, -0.2) is 5.91 Å². The largest absolute Gasteiger partial charge is 0.316 e. The maximum Gasteiger partial charge on any atom is 0.248 e. The van der Waals surface area contributed by atoms with Gasteiger partial charge in [0.25, 0.3) is 0 Å². The molecule has 0 bridgehead atoms. The van der Waals surface area contributed by atoms with Crippen LogP contribution in [0.25, 0.3) is 0 Å². The maximum absolute atomic E-state index is 12.2. The van der Waals surface area contributed by atoms with Crippen LogP contribution in [0.5, 0.6) is 0 Å². The highest BCUT2D eigenvalue weighted by atomic mass is 16.2. The summed E-state index contributed by atoms with van der Waals surface area (Å²) in [6.45, 7) is 2.62. The lowest BCUT2D eigenvalue weighted by molar-refractivity contribution is -0.119. The predicted molar refractivity (Wildman–Crippen MR) is 75.7 cm³/mol. The maximum atomic E-state index is 12.2. The number of nitrogens with zero attached hydrogens (tertiary/aromatic N) is 1. The fourth-order valence-corrected chi connectivity index (χ4v) is 2.46. The highest BCUT2D eigenvalue weighted by Crippen LogP contribution is 2.35. The van der Waals surface area contributed by atoms with Gasteiger partial charge in [0.15, 0.2) is 0 Å². The van der Waals surface area contributed by atoms with Gasteiger partial charge in [-0.05, 0) is 18.6 Å². The molecular weight excluding hydrogens is 236 g/mol. The highest BCUT2D eigenvalue weighted by Gasteiger charge is 2.34. The second kappa shape index (κ2) is 4.52. The summed E-state index contributed by atoms with van der Waals surface area (Å²) in [4.78, 5) is 14.0. The van der Waals surface area contributed by atoms with Gasteiger partial charge in [0.2, 0.25) is 5.91 Å². The van der Waals surface area contributed by atoms with E-state index in [1.807, 2.05) is 24.3 Å². The van der Waals surface area contributed by atoms with Crippen molar-refractivity contribution in [2.24, 2.45) is 5.73 Å². The zero-order valence-corrected chi connectivity index (χ0v) is 10.8. The average Bonchev–Trinajstić information content (AvgIpc) is 2.67. The molecule has 3 heteroatoms. The molecule has 0 spiro atoms. The van der Waals surface area contributed by atoms with E-state index in [9.17, 15) is 4.79 Å². The number of benzene rings is 2. The Balaban J connectivity index is 1.93. The molecule has 0 saturated carbocycles. The number of aryl methyl sites for hydroxylation is 1. The van der Waals surface area contributed by atoms with Crippen LogP contribution in [0.15, 0.2) is 48.5 Å². The molecule has 1 heterocycles. The molecule has 1 aliphatic rings. The molecule has 2 aromatic carbocycles. The van der Waals surface area contributed by atoms with Gasteiger partial charge < -0.3 is 10.6 Å². The Morgan fingerprint density at radius 1 is 1.11 bits per heavy atom. The molecule has 19 heavy (non-hydrogen) atoms. The minimum Gasteiger partial charge on any atom is -0.316 e. The van der Waals surface area contributed by atoms with Crippen molar-refractivity contribution >= 4 is 11.6 Å². The van der Waals surface area contributed by atoms with E-state index in [0.29, 0.717) is 6.54 Å². The summed E-state index contributed by atoms with van der Waals surface area (Å²) in [5.74, 6) is -0.0261. The molecule has 0 saturated heterocycles. The van der Waals surface area contributed by atoms with Crippen molar-refractivity contribution in [3.8, 4) is 0 Å². The lowest BCUT2D eigenvalue weighted by Gasteiger charge is -2.17. The predicted octanol–water partition coefficient (Wildman–Crippen LogP) is 2.54. The summed E-state index contributed by atoms with van der Waals surface area (Å²) in [6, 6.07) is 15.4. The van der Waals surface area contributed by atoms with Crippen LogP contribution in [0.4, 0.5) is 5.69 Å². The van der Waals surface area contributed by atoms with E-state index in [2.05, 4.69) is 31.2 Å². The van der Waals surface area contributed by atoms with Crippen molar-refractivity contribution in [2.75, 3.05) is 4.90 Å². The first-order valence-electron chi connectivity index (χ1n) is 6.38. The smallest absolute Gasteiger partial charge is 0.248 e. The van der Waals surface area contributed by atoms with Crippen LogP contribution in [-0.2, 0) is 11.3 Å². The van der Waals surface area contributed by atoms with E-state index in [1.54, 1.807) is 4.90 Å². The number of hydrogen-bond donors (Lipinski definition) is 1. The second-order valence-electron chi connectivity index (χ2n) is 4.95. The number of amides is 1. The molecule has 96 valence electrons. The van der Waals surface area contributed by atoms with Gasteiger partial charge in [-0.3, -0.25) is 4.79 Å². The summed E-state index contributed by atoms with van der Waals surface area (Å²) in [7, 11) is 0. The number of rotatable bonds is 2. The molecule has 1 aliphatic heterocycles. The van der Waals surface area contributed by atoms with Crippen molar-refractivity contribution in [3.05, 3.63) is 65.2 Å². The Kier molecular flexibility index (Phi) is 2.84. The molecule has 3 rings (SSSR count). The van der Waals surface area contributed by atoms with Crippen LogP contribution in [0.3, 0.4) is 0 Å². The minimum absolute atomic E-state index is 0.0261. The van der Waals surface area contributed by atoms with Crippen molar-refractivity contribution in [1.82, 2.24) is 0 Å². The molecule has 0 fully saturated rings. The van der Waals surface area contributed by atoms with Crippen molar-refractivity contribution < 1.29 is 4.79 Å². The van der Waals surface area contributed by atoms with E-state index in [4.69, 9.17) is 5.73 Å². The molecule has 1 unspecified atom stereocenters. The summed E-state index contributed by atoms with van der Waals surface area (Å²) in [6.07, 6.45) is 0. The van der Waals surface area contributed by atoms with Crippen LogP contribution in [0.1, 0.15) is 22.7 Å². The van der Waals surface area contributed by atoms with Gasteiger partial charge in [0.1, 0.15) is 6.04 Å². The topological polar surface area (TPSA) is 46.3 Å². The molecule has 2 N–H and O–H groups in total. The molecule has 0 aromatic heterocycles. The Bertz CT molecular complexity index is 619. The first kappa shape index (κ1) is 11.9. The normalized spacial score (nSPS) is 17.7. The lowest BCUT2D eigenvalue weighted by atomic mass is 10.1. The van der Waals surface area contributed by atoms with E-state index >= 15 is 0 Å². The van der Waals surface area contributed by atoms with E-state index in [0.717, 1.165) is 16.8 Å². The zero-order valence-electron chi connectivity index (χ0n) is 10.8. The number of anilines is 1. The monoisotopic (exact) mass is 252 g/mol. The molecule has 2 aromatic rings. The summed E-state index contributed by atoms with van der Waals surface area (Å²) >= 11 is 0. The Morgan fingerprint density at radius 2 is 1.79 bits per heavy atom. The Hall–Kier alpha value is -2.13. The number of para-hydroxylation sites is 1. The zero-order chi connectivity index (χ0) is 13.4. The SMILES string of the molecule is Cc1ccc(CN2C(=O)C(N)c3ccccc32)cc1. The van der Waals surface area contributed by atoms with E-state index in [1.165, 1.54) is 5.56 Å². The van der Waals surface area contributed by atoms with E-state index < -0.39 is 6.04 Å². The van der Waals surface area contributed by atoms with Gasteiger partial charge >= 0.3 is 0 Å². The highest BCUT2D eigenvalue weighted by molar-refractivity contribution is 6.04. The number of fused-ring (bicyclic) bond motifs is 1. The van der Waals surface area contributed by atoms with E-state index in [-0.39, 0.29) is 5.91 Å².